The number of ether oxygens (including phenoxy) is 1. The molecular formula is C31H17F5O. The van der Waals surface area contributed by atoms with E-state index in [0.29, 0.717) is 21.9 Å². The number of halogens is 5. The van der Waals surface area contributed by atoms with Crippen molar-refractivity contribution in [1.29, 1.82) is 0 Å². The van der Waals surface area contributed by atoms with Crippen molar-refractivity contribution in [3.8, 4) is 22.6 Å². The van der Waals surface area contributed by atoms with Crippen LogP contribution < -0.4 is 4.74 Å². The highest BCUT2D eigenvalue weighted by atomic mass is 19.2. The van der Waals surface area contributed by atoms with E-state index in [9.17, 15) is 13.2 Å². The molecule has 0 radical (unpaired) electrons. The number of fused-ring (bicyclic) bond motifs is 3. The first kappa shape index (κ1) is 22.0. The van der Waals surface area contributed by atoms with E-state index in [0.717, 1.165) is 33.0 Å². The molecule has 0 aromatic heterocycles. The Labute approximate surface area is 208 Å². The monoisotopic (exact) mass is 500 g/mol. The summed E-state index contributed by atoms with van der Waals surface area (Å²) in [5, 5.41) is 4.05. The second kappa shape index (κ2) is 7.19. The van der Waals surface area contributed by atoms with Crippen LogP contribution in [0.4, 0.5) is 22.0 Å². The van der Waals surface area contributed by atoms with Crippen LogP contribution in [0, 0.1) is 29.1 Å². The molecule has 37 heavy (non-hydrogen) atoms. The van der Waals surface area contributed by atoms with Crippen LogP contribution in [0.2, 0.25) is 0 Å². The summed E-state index contributed by atoms with van der Waals surface area (Å²) in [5.74, 6) is -8.39. The summed E-state index contributed by atoms with van der Waals surface area (Å²) in [6, 6.07) is 20.2. The van der Waals surface area contributed by atoms with Crippen molar-refractivity contribution in [2.75, 3.05) is 0 Å². The van der Waals surface area contributed by atoms with Crippen molar-refractivity contribution in [2.45, 2.75) is 19.3 Å². The number of hydrogen-bond donors (Lipinski definition) is 0. The van der Waals surface area contributed by atoms with Crippen LogP contribution in [-0.2, 0) is 5.41 Å². The average molecular weight is 500 g/mol. The topological polar surface area (TPSA) is 9.23 Å². The molecule has 0 spiro atoms. The van der Waals surface area contributed by atoms with E-state index >= 15 is 8.78 Å². The van der Waals surface area contributed by atoms with Gasteiger partial charge in [-0.15, -0.1) is 0 Å². The third-order valence-electron chi connectivity index (χ3n) is 7.64. The van der Waals surface area contributed by atoms with Gasteiger partial charge in [-0.05, 0) is 51.4 Å². The van der Waals surface area contributed by atoms with Crippen LogP contribution in [0.3, 0.4) is 0 Å². The van der Waals surface area contributed by atoms with Crippen molar-refractivity contribution in [3.63, 3.8) is 0 Å². The zero-order chi connectivity index (χ0) is 25.8. The predicted molar refractivity (Wildman–Crippen MR) is 134 cm³/mol. The molecule has 182 valence electrons. The molecule has 0 atom stereocenters. The largest absolute Gasteiger partial charge is 0.456 e. The minimum atomic E-state index is -2.18. The zero-order valence-electron chi connectivity index (χ0n) is 19.6. The van der Waals surface area contributed by atoms with Gasteiger partial charge in [0.1, 0.15) is 11.5 Å². The lowest BCUT2D eigenvalue weighted by Gasteiger charge is -2.35. The molecule has 1 heterocycles. The minimum absolute atomic E-state index is 0.0618. The third kappa shape index (κ3) is 2.73. The van der Waals surface area contributed by atoms with Gasteiger partial charge in [0.15, 0.2) is 23.3 Å². The van der Waals surface area contributed by atoms with E-state index in [1.54, 1.807) is 12.1 Å². The lowest BCUT2D eigenvalue weighted by atomic mass is 9.74. The van der Waals surface area contributed by atoms with Gasteiger partial charge in [-0.3, -0.25) is 0 Å². The summed E-state index contributed by atoms with van der Waals surface area (Å²) in [7, 11) is 0. The molecule has 1 aliphatic heterocycles. The first-order valence-corrected chi connectivity index (χ1v) is 11.7. The molecule has 0 fully saturated rings. The Kier molecular flexibility index (Phi) is 4.28. The fraction of sp³-hybridized carbons (Fsp3) is 0.0968. The van der Waals surface area contributed by atoms with E-state index in [1.165, 1.54) is 6.07 Å². The Hall–Kier alpha value is -4.19. The Morgan fingerprint density at radius 1 is 0.595 bits per heavy atom. The van der Waals surface area contributed by atoms with Crippen molar-refractivity contribution < 1.29 is 26.7 Å². The molecule has 0 aliphatic carbocycles. The maximum atomic E-state index is 15.0. The van der Waals surface area contributed by atoms with E-state index < -0.39 is 40.1 Å². The van der Waals surface area contributed by atoms with E-state index in [2.05, 4.69) is 13.8 Å². The van der Waals surface area contributed by atoms with Gasteiger partial charge in [0.05, 0.1) is 5.56 Å². The Balaban J connectivity index is 1.66. The molecule has 7 rings (SSSR count). The lowest BCUT2D eigenvalue weighted by Crippen LogP contribution is -2.24. The normalized spacial score (nSPS) is 14.2. The van der Waals surface area contributed by atoms with Gasteiger partial charge in [-0.25, -0.2) is 22.0 Å². The van der Waals surface area contributed by atoms with Crippen molar-refractivity contribution >= 4 is 32.3 Å². The molecule has 0 saturated heterocycles. The highest BCUT2D eigenvalue weighted by Crippen LogP contribution is 2.53. The smallest absolute Gasteiger partial charge is 0.200 e. The van der Waals surface area contributed by atoms with Gasteiger partial charge in [0.25, 0.3) is 0 Å². The fourth-order valence-electron chi connectivity index (χ4n) is 5.83. The molecule has 6 aromatic rings. The van der Waals surface area contributed by atoms with Crippen LogP contribution >= 0.6 is 0 Å². The fourth-order valence-corrected chi connectivity index (χ4v) is 5.83. The lowest BCUT2D eigenvalue weighted by molar-refractivity contribution is 0.381. The first-order chi connectivity index (χ1) is 17.7. The van der Waals surface area contributed by atoms with Crippen LogP contribution in [0.5, 0.6) is 11.5 Å². The summed E-state index contributed by atoms with van der Waals surface area (Å²) >= 11 is 0. The maximum absolute atomic E-state index is 15.0. The Morgan fingerprint density at radius 2 is 1.27 bits per heavy atom. The second-order valence-electron chi connectivity index (χ2n) is 9.96. The molecule has 0 bridgehead atoms. The summed E-state index contributed by atoms with van der Waals surface area (Å²) < 4.78 is 78.8. The van der Waals surface area contributed by atoms with Gasteiger partial charge < -0.3 is 4.74 Å². The summed E-state index contributed by atoms with van der Waals surface area (Å²) in [6.45, 7) is 4.13. The standard InChI is InChI=1S/C31H17F5O/c1-31(2)19-8-3-4-9-21(19)37-30-17-11-10-14-6-5-7-16-18(12-15(13-20(30)31)23(17)22(14)16)24-25(32)27(34)29(36)28(35)26(24)33/h3-13H,1-2H3. The number of para-hydroxylation sites is 1. The molecule has 0 saturated carbocycles. The van der Waals surface area contributed by atoms with Gasteiger partial charge in [-0.2, -0.15) is 0 Å². The molecule has 0 N–H and O–H groups in total. The quantitative estimate of drug-likeness (QED) is 0.0946. The Bertz CT molecular complexity index is 1910. The first-order valence-electron chi connectivity index (χ1n) is 11.7. The average Bonchev–Trinajstić information content (AvgIpc) is 2.90. The summed E-state index contributed by atoms with van der Waals surface area (Å²) in [5.41, 5.74) is 0.369. The SMILES string of the molecule is CC1(C)c2ccccc2Oc2c1cc1cc(-c3c(F)c(F)c(F)c(F)c3F)c3cccc4ccc2c1c43. The predicted octanol–water partition coefficient (Wildman–Crippen LogP) is 9.38. The van der Waals surface area contributed by atoms with Crippen molar-refractivity contribution in [2.24, 2.45) is 0 Å². The van der Waals surface area contributed by atoms with Gasteiger partial charge in [0.2, 0.25) is 5.82 Å². The molecule has 1 aliphatic rings. The highest BCUT2D eigenvalue weighted by molar-refractivity contribution is 6.27. The van der Waals surface area contributed by atoms with E-state index in [4.69, 9.17) is 4.74 Å². The number of rotatable bonds is 1. The van der Waals surface area contributed by atoms with E-state index in [1.807, 2.05) is 48.5 Å². The van der Waals surface area contributed by atoms with Gasteiger partial charge in [0, 0.05) is 27.3 Å². The van der Waals surface area contributed by atoms with Crippen LogP contribution in [0.1, 0.15) is 25.0 Å². The van der Waals surface area contributed by atoms with Crippen LogP contribution in [0.25, 0.3) is 43.4 Å². The zero-order valence-corrected chi connectivity index (χ0v) is 19.6. The van der Waals surface area contributed by atoms with Crippen LogP contribution in [0.15, 0.2) is 66.7 Å². The summed E-state index contributed by atoms with van der Waals surface area (Å²) in [6.07, 6.45) is 0. The number of hydrogen-bond acceptors (Lipinski definition) is 1. The molecule has 6 heteroatoms. The second-order valence-corrected chi connectivity index (χ2v) is 9.96. The van der Waals surface area contributed by atoms with Crippen molar-refractivity contribution in [1.82, 2.24) is 0 Å². The number of benzene rings is 6. The Morgan fingerprint density at radius 3 is 2.03 bits per heavy atom. The maximum Gasteiger partial charge on any atom is 0.200 e. The minimum Gasteiger partial charge on any atom is -0.456 e. The van der Waals surface area contributed by atoms with Crippen LogP contribution in [-0.4, -0.2) is 0 Å². The van der Waals surface area contributed by atoms with E-state index in [-0.39, 0.29) is 5.56 Å². The molecule has 0 amide bonds. The molecule has 1 nitrogen and oxygen atoms in total. The molecule has 6 aromatic carbocycles. The van der Waals surface area contributed by atoms with Gasteiger partial charge in [-0.1, -0.05) is 56.3 Å². The third-order valence-corrected chi connectivity index (χ3v) is 7.64. The van der Waals surface area contributed by atoms with Gasteiger partial charge >= 0.3 is 0 Å². The highest BCUT2D eigenvalue weighted by Gasteiger charge is 2.36. The molecular weight excluding hydrogens is 483 g/mol. The summed E-state index contributed by atoms with van der Waals surface area (Å²) in [4.78, 5) is 0. The molecule has 0 unspecified atom stereocenters. The van der Waals surface area contributed by atoms with Crippen molar-refractivity contribution in [3.05, 3.63) is 107 Å².